The number of ketones is 1. The van der Waals surface area contributed by atoms with Gasteiger partial charge in [-0.15, -0.1) is 13.2 Å². The highest BCUT2D eigenvalue weighted by Gasteiger charge is 2.47. The number of rotatable bonds is 4. The van der Waals surface area contributed by atoms with E-state index in [-0.39, 0.29) is 32.6 Å². The fraction of sp³-hybridized carbons (Fsp3) is 0.0870. The molecule has 1 amide bonds. The normalized spacial score (nSPS) is 17.8. The van der Waals surface area contributed by atoms with Crippen molar-refractivity contribution in [2.45, 2.75) is 12.4 Å². The molecule has 0 saturated carbocycles. The van der Waals surface area contributed by atoms with Crippen LogP contribution in [0.1, 0.15) is 17.3 Å². The molecule has 1 aliphatic rings. The Morgan fingerprint density at radius 2 is 1.71 bits per heavy atom. The summed E-state index contributed by atoms with van der Waals surface area (Å²) < 4.78 is 41.4. The lowest BCUT2D eigenvalue weighted by molar-refractivity contribution is -0.274. The molecule has 1 unspecified atom stereocenters. The van der Waals surface area contributed by atoms with Gasteiger partial charge in [0.2, 0.25) is 0 Å². The predicted octanol–water partition coefficient (Wildman–Crippen LogP) is 5.91. The zero-order valence-corrected chi connectivity index (χ0v) is 18.4. The summed E-state index contributed by atoms with van der Waals surface area (Å²) in [5, 5.41) is 11.3. The summed E-state index contributed by atoms with van der Waals surface area (Å²) in [5.41, 5.74) is 0.222. The van der Waals surface area contributed by atoms with E-state index in [9.17, 15) is 27.9 Å². The molecule has 174 valence electrons. The van der Waals surface area contributed by atoms with E-state index in [1.165, 1.54) is 36.5 Å². The van der Waals surface area contributed by atoms with Crippen molar-refractivity contribution in [2.75, 3.05) is 4.90 Å². The number of hydrogen-bond donors (Lipinski definition) is 1. The number of ether oxygens (including phenoxy) is 1. The molecule has 1 fully saturated rings. The molecule has 1 aliphatic heterocycles. The lowest BCUT2D eigenvalue weighted by atomic mass is 9.98. The molecule has 0 radical (unpaired) electrons. The van der Waals surface area contributed by atoms with E-state index < -0.39 is 35.6 Å². The minimum absolute atomic E-state index is 0.0977. The molecule has 1 atom stereocenters. The molecule has 34 heavy (non-hydrogen) atoms. The molecular weight excluding hydrogens is 496 g/mol. The van der Waals surface area contributed by atoms with Gasteiger partial charge in [0.05, 0.1) is 21.3 Å². The average Bonchev–Trinajstić information content (AvgIpc) is 3.06. The number of aliphatic hydroxyl groups is 1. The van der Waals surface area contributed by atoms with Crippen LogP contribution in [0.25, 0.3) is 5.76 Å². The smallest absolute Gasteiger partial charge is 0.507 e. The van der Waals surface area contributed by atoms with Gasteiger partial charge in [-0.3, -0.25) is 19.5 Å². The SMILES string of the molecule is O=C1C(=O)N(c2ccc(OC(F)(F)F)cc2)C(c2ccccn2)/C1=C(/O)c1ccc(Cl)c(Cl)c1. The second kappa shape index (κ2) is 9.00. The largest absolute Gasteiger partial charge is 0.573 e. The second-order valence-electron chi connectivity index (χ2n) is 7.09. The zero-order chi connectivity index (χ0) is 24.6. The van der Waals surface area contributed by atoms with Gasteiger partial charge >= 0.3 is 6.36 Å². The van der Waals surface area contributed by atoms with E-state index in [2.05, 4.69) is 9.72 Å². The average molecular weight is 509 g/mol. The van der Waals surface area contributed by atoms with E-state index in [0.717, 1.165) is 17.0 Å². The van der Waals surface area contributed by atoms with Crippen LogP contribution in [0.2, 0.25) is 10.0 Å². The van der Waals surface area contributed by atoms with Crippen LogP contribution in [-0.4, -0.2) is 28.1 Å². The Morgan fingerprint density at radius 3 is 2.29 bits per heavy atom. The molecule has 6 nitrogen and oxygen atoms in total. The van der Waals surface area contributed by atoms with Crippen LogP contribution in [0.15, 0.2) is 72.4 Å². The highest BCUT2D eigenvalue weighted by atomic mass is 35.5. The predicted molar refractivity (Wildman–Crippen MR) is 119 cm³/mol. The van der Waals surface area contributed by atoms with Gasteiger partial charge < -0.3 is 9.84 Å². The van der Waals surface area contributed by atoms with Crippen molar-refractivity contribution >= 4 is 46.3 Å². The number of aromatic nitrogens is 1. The number of carbonyl (C=O) groups excluding carboxylic acids is 2. The molecule has 3 aromatic rings. The standard InChI is InChI=1S/C23H13Cl2F3N2O4/c24-15-9-4-12(11-16(15)25)20(31)18-19(17-3-1-2-10-29-17)30(22(33)21(18)32)13-5-7-14(8-6-13)34-23(26,27)28/h1-11,19,31H/b20-18-. The first kappa shape index (κ1) is 23.6. The number of aliphatic hydroxyl groups excluding tert-OH is 1. The van der Waals surface area contributed by atoms with Crippen molar-refractivity contribution in [3.8, 4) is 5.75 Å². The number of hydrogen-bond acceptors (Lipinski definition) is 5. The third-order valence-electron chi connectivity index (χ3n) is 4.95. The molecule has 1 N–H and O–H groups in total. The fourth-order valence-electron chi connectivity index (χ4n) is 3.52. The van der Waals surface area contributed by atoms with Gasteiger partial charge in [0.1, 0.15) is 17.6 Å². The number of halogens is 5. The number of Topliss-reactive ketones (excluding diaryl/α,β-unsaturated/α-hetero) is 1. The summed E-state index contributed by atoms with van der Waals surface area (Å²) in [6.45, 7) is 0. The van der Waals surface area contributed by atoms with Gasteiger partial charge in [0.25, 0.3) is 11.7 Å². The number of alkyl halides is 3. The van der Waals surface area contributed by atoms with Crippen molar-refractivity contribution in [1.29, 1.82) is 0 Å². The Hall–Kier alpha value is -3.56. The lowest BCUT2D eigenvalue weighted by Crippen LogP contribution is -2.29. The van der Waals surface area contributed by atoms with Crippen LogP contribution in [0.5, 0.6) is 5.75 Å². The molecule has 1 saturated heterocycles. The fourth-order valence-corrected chi connectivity index (χ4v) is 3.82. The van der Waals surface area contributed by atoms with E-state index in [1.807, 2.05) is 0 Å². The molecule has 0 aliphatic carbocycles. The highest BCUT2D eigenvalue weighted by Crippen LogP contribution is 2.42. The zero-order valence-electron chi connectivity index (χ0n) is 16.9. The quantitative estimate of drug-likeness (QED) is 0.269. The van der Waals surface area contributed by atoms with Crippen LogP contribution < -0.4 is 9.64 Å². The first-order valence-electron chi connectivity index (χ1n) is 9.60. The first-order chi connectivity index (χ1) is 16.1. The molecule has 1 aromatic heterocycles. The van der Waals surface area contributed by atoms with Crippen LogP contribution in [0.3, 0.4) is 0 Å². The number of amides is 1. The Bertz CT molecular complexity index is 1300. The van der Waals surface area contributed by atoms with E-state index >= 15 is 0 Å². The maximum Gasteiger partial charge on any atom is 0.573 e. The molecule has 11 heteroatoms. The van der Waals surface area contributed by atoms with Gasteiger partial charge in [0, 0.05) is 17.4 Å². The Kier molecular flexibility index (Phi) is 6.24. The van der Waals surface area contributed by atoms with Crippen molar-refractivity contribution in [3.05, 3.63) is 93.7 Å². The first-order valence-corrected chi connectivity index (χ1v) is 10.4. The number of benzene rings is 2. The lowest BCUT2D eigenvalue weighted by Gasteiger charge is -2.24. The summed E-state index contributed by atoms with van der Waals surface area (Å²) in [6.07, 6.45) is -3.45. The van der Waals surface area contributed by atoms with E-state index in [1.54, 1.807) is 18.2 Å². The number of anilines is 1. The van der Waals surface area contributed by atoms with Gasteiger partial charge in [-0.25, -0.2) is 0 Å². The number of carbonyl (C=O) groups is 2. The van der Waals surface area contributed by atoms with Crippen molar-refractivity contribution < 1.29 is 32.6 Å². The molecule has 0 spiro atoms. The van der Waals surface area contributed by atoms with Crippen molar-refractivity contribution in [1.82, 2.24) is 4.98 Å². The van der Waals surface area contributed by atoms with Crippen LogP contribution in [-0.2, 0) is 9.59 Å². The van der Waals surface area contributed by atoms with E-state index in [0.29, 0.717) is 0 Å². The van der Waals surface area contributed by atoms with Crippen LogP contribution in [0, 0.1) is 0 Å². The minimum Gasteiger partial charge on any atom is -0.507 e. The summed E-state index contributed by atoms with van der Waals surface area (Å²) in [6, 6.07) is 12.2. The van der Waals surface area contributed by atoms with Crippen LogP contribution in [0.4, 0.5) is 18.9 Å². The Balaban J connectivity index is 1.85. The number of pyridine rings is 1. The van der Waals surface area contributed by atoms with E-state index in [4.69, 9.17) is 23.2 Å². The molecule has 2 heterocycles. The highest BCUT2D eigenvalue weighted by molar-refractivity contribution is 6.51. The van der Waals surface area contributed by atoms with Crippen molar-refractivity contribution in [3.63, 3.8) is 0 Å². The summed E-state index contributed by atoms with van der Waals surface area (Å²) in [5.74, 6) is -3.01. The van der Waals surface area contributed by atoms with Gasteiger partial charge in [-0.1, -0.05) is 29.3 Å². The van der Waals surface area contributed by atoms with Gasteiger partial charge in [-0.2, -0.15) is 0 Å². The maximum absolute atomic E-state index is 13.0. The Labute approximate surface area is 200 Å². The number of nitrogens with zero attached hydrogens (tertiary/aromatic N) is 2. The third kappa shape index (κ3) is 4.57. The maximum atomic E-state index is 13.0. The van der Waals surface area contributed by atoms with Crippen molar-refractivity contribution in [2.24, 2.45) is 0 Å². The topological polar surface area (TPSA) is 79.7 Å². The van der Waals surface area contributed by atoms with Gasteiger partial charge in [-0.05, 0) is 54.6 Å². The molecule has 4 rings (SSSR count). The molecule has 2 aromatic carbocycles. The minimum atomic E-state index is -4.89. The van der Waals surface area contributed by atoms with Crippen LogP contribution >= 0.6 is 23.2 Å². The Morgan fingerprint density at radius 1 is 1.00 bits per heavy atom. The second-order valence-corrected chi connectivity index (χ2v) is 7.91. The summed E-state index contributed by atoms with van der Waals surface area (Å²) in [7, 11) is 0. The molecule has 0 bridgehead atoms. The monoisotopic (exact) mass is 508 g/mol. The summed E-state index contributed by atoms with van der Waals surface area (Å²) in [4.78, 5) is 31.3. The third-order valence-corrected chi connectivity index (χ3v) is 5.69. The van der Waals surface area contributed by atoms with Gasteiger partial charge in [0.15, 0.2) is 0 Å². The summed E-state index contributed by atoms with van der Waals surface area (Å²) >= 11 is 12.0. The molecular formula is C23H13Cl2F3N2O4.